The summed E-state index contributed by atoms with van der Waals surface area (Å²) < 4.78 is 11.8. The first-order chi connectivity index (χ1) is 22.8. The van der Waals surface area contributed by atoms with Crippen LogP contribution in [0.15, 0.2) is 42.5 Å². The fraction of sp³-hybridized carbons (Fsp3) is 0.667. The Hall–Kier alpha value is -3.02. The maximum atomic E-state index is 13.2. The van der Waals surface area contributed by atoms with Crippen LogP contribution in [0.2, 0.25) is 0 Å². The first-order valence-electron chi connectivity index (χ1n) is 19.0. The van der Waals surface area contributed by atoms with E-state index < -0.39 is 12.2 Å². The van der Waals surface area contributed by atoms with E-state index in [4.69, 9.17) is 9.47 Å². The third-order valence-electron chi connectivity index (χ3n) is 9.90. The number of unbranched alkanes of at least 4 members (excludes halogenated alkanes) is 9. The molecule has 6 heteroatoms. The summed E-state index contributed by atoms with van der Waals surface area (Å²) in [5, 5.41) is 6.23. The summed E-state index contributed by atoms with van der Waals surface area (Å²) in [5.74, 6) is 1.85. The number of carbonyl (C=O) groups is 2. The molecule has 0 bridgehead atoms. The van der Waals surface area contributed by atoms with Gasteiger partial charge >= 0.3 is 12.2 Å². The lowest BCUT2D eigenvalue weighted by molar-refractivity contribution is 0.0701. The maximum Gasteiger partial charge on any atom is 0.412 e. The fourth-order valence-corrected chi connectivity index (χ4v) is 7.97. The Balaban J connectivity index is 1.50. The molecule has 3 rings (SSSR count). The number of hydrogen-bond acceptors (Lipinski definition) is 4. The van der Waals surface area contributed by atoms with Gasteiger partial charge in [-0.1, -0.05) is 144 Å². The summed E-state index contributed by atoms with van der Waals surface area (Å²) >= 11 is 0. The monoisotopic (exact) mass is 663 g/mol. The van der Waals surface area contributed by atoms with Crippen LogP contribution in [0.3, 0.4) is 0 Å². The van der Waals surface area contributed by atoms with Crippen LogP contribution in [-0.4, -0.2) is 24.8 Å². The van der Waals surface area contributed by atoms with Gasteiger partial charge in [0.05, 0.1) is 0 Å². The van der Waals surface area contributed by atoms with Gasteiger partial charge in [-0.3, -0.25) is 0 Å². The number of amides is 2. The molecule has 2 amide bonds. The number of carbonyl (C=O) groups excluding carboxylic acids is 2. The first kappa shape index (κ1) is 39.4. The molecule has 0 heterocycles. The van der Waals surface area contributed by atoms with Crippen molar-refractivity contribution in [2.45, 2.75) is 163 Å². The van der Waals surface area contributed by atoms with Gasteiger partial charge in [-0.15, -0.1) is 0 Å². The molecule has 0 saturated heterocycles. The lowest BCUT2D eigenvalue weighted by atomic mass is 9.62. The van der Waals surface area contributed by atoms with Crippen molar-refractivity contribution in [2.75, 3.05) is 6.54 Å². The molecule has 0 spiro atoms. The van der Waals surface area contributed by atoms with Crippen LogP contribution in [0.1, 0.15) is 167 Å². The average molecular weight is 663 g/mol. The Labute approximate surface area is 292 Å². The number of benzene rings is 2. The molecule has 2 atom stereocenters. The van der Waals surface area contributed by atoms with E-state index in [1.165, 1.54) is 63.4 Å². The Bertz CT molecular complexity index is 1290. The van der Waals surface area contributed by atoms with E-state index in [9.17, 15) is 9.59 Å². The molecule has 2 N–H and O–H groups in total. The van der Waals surface area contributed by atoms with Crippen molar-refractivity contribution < 1.29 is 19.1 Å². The van der Waals surface area contributed by atoms with E-state index in [0.717, 1.165) is 43.2 Å². The highest BCUT2D eigenvalue weighted by Crippen LogP contribution is 2.46. The SMILES string of the molecule is CCCCCCCCCCCCc1ccccc1OC(=O)NCC1(C)CC(NC(=O)Oc2cccc(C(C)C)c2C(C)C)CC(C)(C)C1. The van der Waals surface area contributed by atoms with Gasteiger partial charge in [0, 0.05) is 18.2 Å². The van der Waals surface area contributed by atoms with Crippen molar-refractivity contribution in [3.63, 3.8) is 0 Å². The number of ether oxygens (including phenoxy) is 2. The van der Waals surface area contributed by atoms with Crippen molar-refractivity contribution in [3.8, 4) is 11.5 Å². The molecule has 48 heavy (non-hydrogen) atoms. The lowest BCUT2D eigenvalue weighted by Gasteiger charge is -2.46. The summed E-state index contributed by atoms with van der Waals surface area (Å²) in [6.07, 6.45) is 15.6. The fourth-order valence-electron chi connectivity index (χ4n) is 7.97. The van der Waals surface area contributed by atoms with E-state index in [0.29, 0.717) is 24.0 Å². The van der Waals surface area contributed by atoms with Gasteiger partial charge < -0.3 is 20.1 Å². The highest BCUT2D eigenvalue weighted by Gasteiger charge is 2.42. The molecule has 1 aliphatic rings. The molecule has 1 saturated carbocycles. The number of nitrogens with one attached hydrogen (secondary N) is 2. The quantitative estimate of drug-likeness (QED) is 0.156. The standard InChI is InChI=1S/C42H66N2O4/c1-9-10-11-12-13-14-15-16-17-18-22-33-23-19-20-25-36(33)47-39(45)43-30-42(8)28-34(27-41(6,7)29-42)44-40(46)48-37-26-21-24-35(31(2)3)38(37)32(4)5/h19-21,23-26,31-32,34H,9-18,22,27-30H2,1-8H3,(H,43,45)(H,44,46). The van der Waals surface area contributed by atoms with Gasteiger partial charge in [0.2, 0.25) is 0 Å². The third-order valence-corrected chi connectivity index (χ3v) is 9.90. The Morgan fingerprint density at radius 2 is 1.35 bits per heavy atom. The molecule has 0 radical (unpaired) electrons. The van der Waals surface area contributed by atoms with Crippen LogP contribution in [0.4, 0.5) is 9.59 Å². The molecule has 2 aromatic carbocycles. The molecule has 268 valence electrons. The van der Waals surface area contributed by atoms with Gasteiger partial charge in [-0.05, 0) is 78.0 Å². The van der Waals surface area contributed by atoms with Crippen molar-refractivity contribution in [1.82, 2.24) is 10.6 Å². The number of hydrogen-bond donors (Lipinski definition) is 2. The lowest BCUT2D eigenvalue weighted by Crippen LogP contribution is -2.51. The van der Waals surface area contributed by atoms with Gasteiger partial charge in [0.15, 0.2) is 0 Å². The predicted molar refractivity (Wildman–Crippen MR) is 199 cm³/mol. The minimum absolute atomic E-state index is 0.0150. The molecule has 1 aliphatic carbocycles. The van der Waals surface area contributed by atoms with Crippen LogP contribution in [-0.2, 0) is 6.42 Å². The van der Waals surface area contributed by atoms with Crippen LogP contribution in [0.5, 0.6) is 11.5 Å². The Morgan fingerprint density at radius 3 is 2.00 bits per heavy atom. The third kappa shape index (κ3) is 13.1. The summed E-state index contributed by atoms with van der Waals surface area (Å²) in [4.78, 5) is 26.3. The molecule has 2 aromatic rings. The van der Waals surface area contributed by atoms with E-state index in [2.05, 4.69) is 78.2 Å². The van der Waals surface area contributed by atoms with Gasteiger partial charge in [0.1, 0.15) is 11.5 Å². The molecular formula is C42H66N2O4. The van der Waals surface area contributed by atoms with E-state index in [1.54, 1.807) is 0 Å². The molecule has 0 aromatic heterocycles. The second kappa shape index (κ2) is 19.2. The van der Waals surface area contributed by atoms with Crippen LogP contribution < -0.4 is 20.1 Å². The second-order valence-corrected chi connectivity index (χ2v) is 16.1. The maximum absolute atomic E-state index is 13.2. The van der Waals surface area contributed by atoms with E-state index in [-0.39, 0.29) is 22.8 Å². The summed E-state index contributed by atoms with van der Waals surface area (Å²) in [6, 6.07) is 13.8. The average Bonchev–Trinajstić information content (AvgIpc) is 3.00. The Morgan fingerprint density at radius 1 is 0.750 bits per heavy atom. The normalized spacial score (nSPS) is 18.9. The van der Waals surface area contributed by atoms with Crippen LogP contribution in [0.25, 0.3) is 0 Å². The van der Waals surface area contributed by atoms with Crippen molar-refractivity contribution in [3.05, 3.63) is 59.2 Å². The minimum atomic E-state index is -0.426. The summed E-state index contributed by atoms with van der Waals surface area (Å²) in [6.45, 7) is 18.0. The Kier molecular flexibility index (Phi) is 15.8. The topological polar surface area (TPSA) is 76.7 Å². The molecule has 1 fully saturated rings. The van der Waals surface area contributed by atoms with Gasteiger partial charge in [0.25, 0.3) is 0 Å². The van der Waals surface area contributed by atoms with Gasteiger partial charge in [-0.2, -0.15) is 0 Å². The van der Waals surface area contributed by atoms with E-state index >= 15 is 0 Å². The summed E-state index contributed by atoms with van der Waals surface area (Å²) in [7, 11) is 0. The van der Waals surface area contributed by atoms with Crippen molar-refractivity contribution >= 4 is 12.2 Å². The summed E-state index contributed by atoms with van der Waals surface area (Å²) in [5.41, 5.74) is 3.15. The number of aryl methyl sites for hydroxylation is 1. The number of rotatable bonds is 18. The molecule has 6 nitrogen and oxygen atoms in total. The molecular weight excluding hydrogens is 596 g/mol. The van der Waals surface area contributed by atoms with Crippen LogP contribution in [0, 0.1) is 10.8 Å². The number of para-hydroxylation sites is 1. The smallest absolute Gasteiger partial charge is 0.410 e. The highest BCUT2D eigenvalue weighted by atomic mass is 16.6. The predicted octanol–water partition coefficient (Wildman–Crippen LogP) is 11.9. The van der Waals surface area contributed by atoms with Crippen LogP contribution >= 0.6 is 0 Å². The molecule has 0 aliphatic heterocycles. The zero-order valence-corrected chi connectivity index (χ0v) is 31.5. The minimum Gasteiger partial charge on any atom is -0.410 e. The second-order valence-electron chi connectivity index (χ2n) is 16.1. The largest absolute Gasteiger partial charge is 0.412 e. The zero-order valence-electron chi connectivity index (χ0n) is 31.5. The highest BCUT2D eigenvalue weighted by molar-refractivity contribution is 5.72. The first-order valence-corrected chi connectivity index (χ1v) is 19.0. The zero-order chi connectivity index (χ0) is 35.2. The van der Waals surface area contributed by atoms with Gasteiger partial charge in [-0.25, -0.2) is 9.59 Å². The van der Waals surface area contributed by atoms with Crippen molar-refractivity contribution in [2.24, 2.45) is 10.8 Å². The van der Waals surface area contributed by atoms with E-state index in [1.807, 2.05) is 30.3 Å². The molecule has 2 unspecified atom stereocenters. The van der Waals surface area contributed by atoms with Crippen molar-refractivity contribution in [1.29, 1.82) is 0 Å².